The van der Waals surface area contributed by atoms with Gasteiger partial charge in [-0.25, -0.2) is 0 Å². The van der Waals surface area contributed by atoms with Gasteiger partial charge in [-0.15, -0.1) is 0 Å². The Morgan fingerprint density at radius 2 is 1.79 bits per heavy atom. The Bertz CT molecular complexity index is 675. The topological polar surface area (TPSA) is 32.3 Å². The maximum absolute atomic E-state index is 12.5. The Labute approximate surface area is 145 Å². The number of hydrogen-bond donors (Lipinski definition) is 1. The highest BCUT2D eigenvalue weighted by molar-refractivity contribution is 7.99. The van der Waals surface area contributed by atoms with Crippen LogP contribution < -0.4 is 10.2 Å². The average Bonchev–Trinajstić information content (AvgIpc) is 2.54. The van der Waals surface area contributed by atoms with Crippen LogP contribution in [0.15, 0.2) is 53.4 Å². The largest absolute Gasteiger partial charge is 0.378 e. The molecule has 0 radical (unpaired) electrons. The molecule has 0 aliphatic heterocycles. The van der Waals surface area contributed by atoms with E-state index in [0.29, 0.717) is 35.2 Å². The molecule has 3 nitrogen and oxygen atoms in total. The summed E-state index contributed by atoms with van der Waals surface area (Å²) in [6, 6.07) is 14.6. The number of thioether (sulfide) groups is 1. The summed E-state index contributed by atoms with van der Waals surface area (Å²) >= 11 is 0.433. The van der Waals surface area contributed by atoms with E-state index in [4.69, 9.17) is 0 Å². The SMILES string of the molecule is CN(C)c1ccc(CCC(=O)Nc2ccccc2SC(F)F)cc1. The van der Waals surface area contributed by atoms with E-state index in [2.05, 4.69) is 5.32 Å². The van der Waals surface area contributed by atoms with E-state index in [1.807, 2.05) is 43.3 Å². The lowest BCUT2D eigenvalue weighted by atomic mass is 10.1. The summed E-state index contributed by atoms with van der Waals surface area (Å²) in [6.07, 6.45) is 0.901. The molecule has 2 rings (SSSR count). The van der Waals surface area contributed by atoms with Gasteiger partial charge in [-0.3, -0.25) is 4.79 Å². The molecule has 128 valence electrons. The van der Waals surface area contributed by atoms with Gasteiger partial charge in [-0.2, -0.15) is 8.78 Å². The first-order valence-electron chi connectivity index (χ1n) is 7.55. The van der Waals surface area contributed by atoms with Crippen molar-refractivity contribution in [1.82, 2.24) is 0 Å². The van der Waals surface area contributed by atoms with Crippen LogP contribution in [0, 0.1) is 0 Å². The summed E-state index contributed by atoms with van der Waals surface area (Å²) in [4.78, 5) is 14.5. The van der Waals surface area contributed by atoms with Gasteiger partial charge in [0.05, 0.1) is 5.69 Å². The Kier molecular flexibility index (Phi) is 6.61. The summed E-state index contributed by atoms with van der Waals surface area (Å²) in [6.45, 7) is 0. The van der Waals surface area contributed by atoms with Crippen LogP contribution in [-0.4, -0.2) is 25.8 Å². The van der Waals surface area contributed by atoms with Crippen LogP contribution in [0.25, 0.3) is 0 Å². The van der Waals surface area contributed by atoms with Gasteiger partial charge < -0.3 is 10.2 Å². The van der Waals surface area contributed by atoms with Gasteiger partial charge in [0.1, 0.15) is 0 Å². The molecule has 2 aromatic rings. The molecule has 0 atom stereocenters. The second-order valence-electron chi connectivity index (χ2n) is 5.48. The third kappa shape index (κ3) is 5.53. The quantitative estimate of drug-likeness (QED) is 0.739. The Morgan fingerprint density at radius 3 is 2.42 bits per heavy atom. The number of aryl methyl sites for hydroxylation is 1. The molecule has 0 saturated heterocycles. The molecular formula is C18H20F2N2OS. The molecular weight excluding hydrogens is 330 g/mol. The molecule has 1 N–H and O–H groups in total. The Balaban J connectivity index is 1.92. The van der Waals surface area contributed by atoms with E-state index in [1.165, 1.54) is 0 Å². The van der Waals surface area contributed by atoms with E-state index in [9.17, 15) is 13.6 Å². The number of carbonyl (C=O) groups is 1. The highest BCUT2D eigenvalue weighted by Crippen LogP contribution is 2.31. The first-order chi connectivity index (χ1) is 11.5. The lowest BCUT2D eigenvalue weighted by Gasteiger charge is -2.13. The van der Waals surface area contributed by atoms with Crippen molar-refractivity contribution in [3.05, 3.63) is 54.1 Å². The van der Waals surface area contributed by atoms with Crippen LogP contribution in [0.5, 0.6) is 0 Å². The fourth-order valence-electron chi connectivity index (χ4n) is 2.20. The standard InChI is InChI=1S/C18H20F2N2OS/c1-22(2)14-10-7-13(8-11-14)9-12-17(23)21-15-5-3-4-6-16(15)24-18(19)20/h3-8,10-11,18H,9,12H2,1-2H3,(H,21,23). The first-order valence-corrected chi connectivity index (χ1v) is 8.43. The predicted octanol–water partition coefficient (Wildman–Crippen LogP) is 4.64. The zero-order valence-corrected chi connectivity index (χ0v) is 14.4. The zero-order valence-electron chi connectivity index (χ0n) is 13.6. The van der Waals surface area contributed by atoms with Crippen LogP contribution in [0.4, 0.5) is 20.2 Å². The number of nitrogens with zero attached hydrogens (tertiary/aromatic N) is 1. The normalized spacial score (nSPS) is 10.7. The molecule has 0 aliphatic rings. The summed E-state index contributed by atoms with van der Waals surface area (Å²) in [5.74, 6) is -2.70. The second-order valence-corrected chi connectivity index (χ2v) is 6.52. The highest BCUT2D eigenvalue weighted by atomic mass is 32.2. The summed E-state index contributed by atoms with van der Waals surface area (Å²) in [5.41, 5.74) is 2.59. The van der Waals surface area contributed by atoms with E-state index in [1.54, 1.807) is 24.3 Å². The number of alkyl halides is 2. The molecule has 0 unspecified atom stereocenters. The minimum atomic E-state index is -2.52. The minimum Gasteiger partial charge on any atom is -0.378 e. The third-order valence-corrected chi connectivity index (χ3v) is 4.26. The first kappa shape index (κ1) is 18.3. The van der Waals surface area contributed by atoms with Gasteiger partial charge in [-0.1, -0.05) is 36.0 Å². The lowest BCUT2D eigenvalue weighted by molar-refractivity contribution is -0.116. The molecule has 0 aromatic heterocycles. The molecule has 0 fully saturated rings. The fraction of sp³-hybridized carbons (Fsp3) is 0.278. The molecule has 0 bridgehead atoms. The molecule has 1 amide bonds. The van der Waals surface area contributed by atoms with Crippen LogP contribution in [0.2, 0.25) is 0 Å². The molecule has 0 aliphatic carbocycles. The van der Waals surface area contributed by atoms with Crippen molar-refractivity contribution in [2.45, 2.75) is 23.5 Å². The van der Waals surface area contributed by atoms with Crippen LogP contribution in [-0.2, 0) is 11.2 Å². The number of halogens is 2. The van der Waals surface area contributed by atoms with Gasteiger partial charge in [0.25, 0.3) is 5.76 Å². The van der Waals surface area contributed by atoms with E-state index in [-0.39, 0.29) is 5.91 Å². The van der Waals surface area contributed by atoms with E-state index < -0.39 is 5.76 Å². The molecule has 0 heterocycles. The van der Waals surface area contributed by atoms with Gasteiger partial charge in [0, 0.05) is 31.1 Å². The van der Waals surface area contributed by atoms with Crippen LogP contribution >= 0.6 is 11.8 Å². The van der Waals surface area contributed by atoms with E-state index in [0.717, 1.165) is 11.3 Å². The van der Waals surface area contributed by atoms with Crippen LogP contribution in [0.3, 0.4) is 0 Å². The van der Waals surface area contributed by atoms with Crippen molar-refractivity contribution in [1.29, 1.82) is 0 Å². The molecule has 24 heavy (non-hydrogen) atoms. The van der Waals surface area contributed by atoms with Crippen molar-refractivity contribution < 1.29 is 13.6 Å². The maximum atomic E-state index is 12.5. The number of benzene rings is 2. The number of nitrogens with one attached hydrogen (secondary N) is 1. The number of carbonyl (C=O) groups excluding carboxylic acids is 1. The van der Waals surface area contributed by atoms with Crippen molar-refractivity contribution in [2.24, 2.45) is 0 Å². The number of para-hydroxylation sites is 1. The molecule has 0 saturated carbocycles. The molecule has 6 heteroatoms. The van der Waals surface area contributed by atoms with Gasteiger partial charge >= 0.3 is 0 Å². The van der Waals surface area contributed by atoms with Crippen molar-refractivity contribution in [3.8, 4) is 0 Å². The number of amides is 1. The van der Waals surface area contributed by atoms with Gasteiger partial charge in [0.2, 0.25) is 5.91 Å². The average molecular weight is 350 g/mol. The zero-order chi connectivity index (χ0) is 17.5. The third-order valence-electron chi connectivity index (χ3n) is 3.47. The van der Waals surface area contributed by atoms with Gasteiger partial charge in [0.15, 0.2) is 0 Å². The number of anilines is 2. The van der Waals surface area contributed by atoms with Crippen molar-refractivity contribution in [2.75, 3.05) is 24.3 Å². The molecule has 2 aromatic carbocycles. The van der Waals surface area contributed by atoms with E-state index >= 15 is 0 Å². The highest BCUT2D eigenvalue weighted by Gasteiger charge is 2.11. The predicted molar refractivity (Wildman–Crippen MR) is 96.0 cm³/mol. The Hall–Kier alpha value is -2.08. The second kappa shape index (κ2) is 8.68. The maximum Gasteiger partial charge on any atom is 0.288 e. The summed E-state index contributed by atoms with van der Waals surface area (Å²) in [7, 11) is 3.94. The molecule has 0 spiro atoms. The lowest BCUT2D eigenvalue weighted by Crippen LogP contribution is -2.13. The number of hydrogen-bond acceptors (Lipinski definition) is 3. The number of rotatable bonds is 7. The Morgan fingerprint density at radius 1 is 1.12 bits per heavy atom. The monoisotopic (exact) mass is 350 g/mol. The summed E-state index contributed by atoms with van der Waals surface area (Å²) < 4.78 is 25.1. The van der Waals surface area contributed by atoms with Crippen LogP contribution in [0.1, 0.15) is 12.0 Å². The smallest absolute Gasteiger partial charge is 0.288 e. The van der Waals surface area contributed by atoms with Gasteiger partial charge in [-0.05, 0) is 36.2 Å². The van der Waals surface area contributed by atoms with Crippen molar-refractivity contribution >= 4 is 29.0 Å². The van der Waals surface area contributed by atoms with Crippen molar-refractivity contribution in [3.63, 3.8) is 0 Å². The summed E-state index contributed by atoms with van der Waals surface area (Å²) in [5, 5.41) is 2.71. The minimum absolute atomic E-state index is 0.186. The fourth-order valence-corrected chi connectivity index (χ4v) is 2.80.